The molecule has 90 valence electrons. The molecule has 1 aromatic rings. The standard InChI is InChI=1S/C15H20N2/c1-11(15(2,3)4)14(16)10-12-6-8-13(17-5)9-7-12/h6-9,14H,1,10,16H2,2-4H3/t14-/m1/s1. The van der Waals surface area contributed by atoms with Crippen LogP contribution in [0, 0.1) is 12.0 Å². The maximum absolute atomic E-state index is 6.89. The molecule has 2 N–H and O–H groups in total. The minimum atomic E-state index is -0.0335. The van der Waals surface area contributed by atoms with E-state index in [1.54, 1.807) is 0 Å². The minimum absolute atomic E-state index is 0.0335. The molecule has 0 saturated heterocycles. The first-order valence-corrected chi connectivity index (χ1v) is 5.76. The lowest BCUT2D eigenvalue weighted by Crippen LogP contribution is -2.31. The molecule has 1 atom stereocenters. The third-order valence-corrected chi connectivity index (χ3v) is 2.93. The highest BCUT2D eigenvalue weighted by molar-refractivity contribution is 5.45. The van der Waals surface area contributed by atoms with Crippen LogP contribution < -0.4 is 5.73 Å². The van der Waals surface area contributed by atoms with Gasteiger partial charge in [-0.3, -0.25) is 0 Å². The van der Waals surface area contributed by atoms with Gasteiger partial charge in [0.25, 0.3) is 0 Å². The summed E-state index contributed by atoms with van der Waals surface area (Å²) in [6, 6.07) is 7.55. The van der Waals surface area contributed by atoms with Crippen LogP contribution in [0.4, 0.5) is 5.69 Å². The molecule has 2 nitrogen and oxygen atoms in total. The first kappa shape index (κ1) is 13.5. The Morgan fingerprint density at radius 1 is 1.35 bits per heavy atom. The first-order valence-electron chi connectivity index (χ1n) is 5.76. The summed E-state index contributed by atoms with van der Waals surface area (Å²) in [5.41, 5.74) is 9.06. The average Bonchev–Trinajstić information content (AvgIpc) is 2.27. The van der Waals surface area contributed by atoms with E-state index in [2.05, 4.69) is 32.2 Å². The van der Waals surface area contributed by atoms with E-state index >= 15 is 0 Å². The van der Waals surface area contributed by atoms with Crippen molar-refractivity contribution in [2.24, 2.45) is 11.1 Å². The smallest absolute Gasteiger partial charge is 0.187 e. The lowest BCUT2D eigenvalue weighted by molar-refractivity contribution is 0.462. The van der Waals surface area contributed by atoms with E-state index in [-0.39, 0.29) is 11.5 Å². The fraction of sp³-hybridized carbons (Fsp3) is 0.400. The number of nitrogens with zero attached hydrogens (tertiary/aromatic N) is 1. The van der Waals surface area contributed by atoms with Gasteiger partial charge in [0.1, 0.15) is 0 Å². The van der Waals surface area contributed by atoms with Gasteiger partial charge in [-0.15, -0.1) is 0 Å². The Labute approximate surface area is 104 Å². The first-order chi connectivity index (χ1) is 7.84. The summed E-state index contributed by atoms with van der Waals surface area (Å²) in [5.74, 6) is 0. The lowest BCUT2D eigenvalue weighted by Gasteiger charge is -2.27. The summed E-state index contributed by atoms with van der Waals surface area (Å²) in [5, 5.41) is 0. The normalized spacial score (nSPS) is 12.9. The summed E-state index contributed by atoms with van der Waals surface area (Å²) >= 11 is 0. The van der Waals surface area contributed by atoms with Crippen LogP contribution in [0.25, 0.3) is 4.85 Å². The fourth-order valence-corrected chi connectivity index (χ4v) is 1.64. The van der Waals surface area contributed by atoms with Crippen LogP contribution in [0.1, 0.15) is 26.3 Å². The predicted octanol–water partition coefficient (Wildman–Crippen LogP) is 3.71. The quantitative estimate of drug-likeness (QED) is 0.620. The van der Waals surface area contributed by atoms with Crippen molar-refractivity contribution >= 4 is 5.69 Å². The average molecular weight is 228 g/mol. The summed E-state index contributed by atoms with van der Waals surface area (Å²) in [6.07, 6.45) is 0.772. The zero-order valence-electron chi connectivity index (χ0n) is 10.8. The molecule has 0 aliphatic rings. The molecule has 2 heteroatoms. The Hall–Kier alpha value is -1.59. The van der Waals surface area contributed by atoms with Crippen molar-refractivity contribution in [3.05, 3.63) is 53.4 Å². The van der Waals surface area contributed by atoms with Gasteiger partial charge in [-0.05, 0) is 17.4 Å². The van der Waals surface area contributed by atoms with E-state index in [4.69, 9.17) is 12.3 Å². The Morgan fingerprint density at radius 2 is 1.88 bits per heavy atom. The van der Waals surface area contributed by atoms with E-state index in [9.17, 15) is 0 Å². The summed E-state index contributed by atoms with van der Waals surface area (Å²) in [7, 11) is 0. The molecule has 0 spiro atoms. The van der Waals surface area contributed by atoms with E-state index in [0.29, 0.717) is 5.69 Å². The minimum Gasteiger partial charge on any atom is -0.324 e. The number of nitrogens with two attached hydrogens (primary N) is 1. The molecule has 0 aliphatic carbocycles. The molecule has 0 heterocycles. The molecule has 0 unspecified atom stereocenters. The second-order valence-corrected chi connectivity index (χ2v) is 5.36. The fourth-order valence-electron chi connectivity index (χ4n) is 1.64. The molecule has 17 heavy (non-hydrogen) atoms. The van der Waals surface area contributed by atoms with Gasteiger partial charge in [-0.2, -0.15) is 0 Å². The third kappa shape index (κ3) is 3.72. The van der Waals surface area contributed by atoms with Crippen LogP contribution in [0.15, 0.2) is 36.4 Å². The SMILES string of the molecule is [C-]#[N+]c1ccc(C[C@@H](N)C(=C)C(C)(C)C)cc1. The van der Waals surface area contributed by atoms with Gasteiger partial charge in [0.05, 0.1) is 6.57 Å². The topological polar surface area (TPSA) is 30.4 Å². The molecular formula is C15H20N2. The number of hydrogen-bond donors (Lipinski definition) is 1. The van der Waals surface area contributed by atoms with E-state index in [0.717, 1.165) is 17.6 Å². The molecule has 0 aliphatic heterocycles. The van der Waals surface area contributed by atoms with Gasteiger partial charge in [-0.1, -0.05) is 57.2 Å². The zero-order valence-corrected chi connectivity index (χ0v) is 10.8. The largest absolute Gasteiger partial charge is 0.324 e. The van der Waals surface area contributed by atoms with Crippen molar-refractivity contribution in [1.82, 2.24) is 0 Å². The van der Waals surface area contributed by atoms with Gasteiger partial charge in [0.15, 0.2) is 5.69 Å². The van der Waals surface area contributed by atoms with Crippen LogP contribution in [-0.2, 0) is 6.42 Å². The van der Waals surface area contributed by atoms with Crippen molar-refractivity contribution in [1.29, 1.82) is 0 Å². The van der Waals surface area contributed by atoms with Crippen LogP contribution in [0.2, 0.25) is 0 Å². The molecule has 0 aromatic heterocycles. The van der Waals surface area contributed by atoms with Crippen molar-refractivity contribution < 1.29 is 0 Å². The second kappa shape index (κ2) is 5.16. The number of benzene rings is 1. The molecular weight excluding hydrogens is 208 g/mol. The Bertz CT molecular complexity index is 429. The van der Waals surface area contributed by atoms with Gasteiger partial charge in [0.2, 0.25) is 0 Å². The van der Waals surface area contributed by atoms with Gasteiger partial charge in [-0.25, -0.2) is 4.85 Å². The Balaban J connectivity index is 2.72. The van der Waals surface area contributed by atoms with E-state index in [1.165, 1.54) is 0 Å². The summed E-state index contributed by atoms with van der Waals surface area (Å²) in [4.78, 5) is 3.37. The van der Waals surface area contributed by atoms with Crippen LogP contribution in [0.5, 0.6) is 0 Å². The highest BCUT2D eigenvalue weighted by Gasteiger charge is 2.20. The molecule has 0 amide bonds. The van der Waals surface area contributed by atoms with Crippen molar-refractivity contribution in [2.75, 3.05) is 0 Å². The Kier molecular flexibility index (Phi) is 4.09. The molecule has 1 rings (SSSR count). The molecule has 1 aromatic carbocycles. The predicted molar refractivity (Wildman–Crippen MR) is 73.0 cm³/mol. The number of hydrogen-bond acceptors (Lipinski definition) is 1. The number of rotatable bonds is 3. The lowest BCUT2D eigenvalue weighted by atomic mass is 9.81. The zero-order chi connectivity index (χ0) is 13.1. The van der Waals surface area contributed by atoms with Gasteiger partial charge >= 0.3 is 0 Å². The molecule has 0 bridgehead atoms. The highest BCUT2D eigenvalue weighted by Crippen LogP contribution is 2.27. The van der Waals surface area contributed by atoms with E-state index < -0.39 is 0 Å². The van der Waals surface area contributed by atoms with Crippen LogP contribution in [0.3, 0.4) is 0 Å². The van der Waals surface area contributed by atoms with Crippen molar-refractivity contribution in [3.8, 4) is 0 Å². The van der Waals surface area contributed by atoms with Crippen LogP contribution >= 0.6 is 0 Å². The molecule has 0 fully saturated rings. The van der Waals surface area contributed by atoms with E-state index in [1.807, 2.05) is 24.3 Å². The van der Waals surface area contributed by atoms with Gasteiger partial charge < -0.3 is 5.73 Å². The summed E-state index contributed by atoms with van der Waals surface area (Å²) < 4.78 is 0. The third-order valence-electron chi connectivity index (χ3n) is 2.93. The summed E-state index contributed by atoms with van der Waals surface area (Å²) in [6.45, 7) is 17.3. The highest BCUT2D eigenvalue weighted by atomic mass is 14.6. The van der Waals surface area contributed by atoms with Crippen molar-refractivity contribution in [2.45, 2.75) is 33.2 Å². The van der Waals surface area contributed by atoms with Gasteiger partial charge in [0, 0.05) is 6.04 Å². The second-order valence-electron chi connectivity index (χ2n) is 5.36. The Morgan fingerprint density at radius 3 is 2.29 bits per heavy atom. The van der Waals surface area contributed by atoms with Crippen molar-refractivity contribution in [3.63, 3.8) is 0 Å². The maximum atomic E-state index is 6.89. The monoisotopic (exact) mass is 228 g/mol. The molecule has 0 radical (unpaired) electrons. The van der Waals surface area contributed by atoms with Crippen LogP contribution in [-0.4, -0.2) is 6.04 Å². The molecule has 0 saturated carbocycles. The maximum Gasteiger partial charge on any atom is 0.187 e.